The van der Waals surface area contributed by atoms with Crippen LogP contribution in [0, 0.1) is 6.92 Å². The van der Waals surface area contributed by atoms with E-state index in [2.05, 4.69) is 246 Å². The first-order chi connectivity index (χ1) is 31.0. The van der Waals surface area contributed by atoms with Gasteiger partial charge in [-0.3, -0.25) is 0 Å². The molecule has 334 valence electrons. The van der Waals surface area contributed by atoms with E-state index in [1.54, 1.807) is 0 Å². The largest absolute Gasteiger partial charge is 0.311 e. The molecule has 0 unspecified atom stereocenters. The van der Waals surface area contributed by atoms with Gasteiger partial charge in [-0.05, 0) is 156 Å². The Balaban J connectivity index is 1.38. The second kappa shape index (κ2) is 15.1. The summed E-state index contributed by atoms with van der Waals surface area (Å²) in [5, 5.41) is 0. The maximum atomic E-state index is 2.71. The Morgan fingerprint density at radius 3 is 1.48 bits per heavy atom. The molecule has 2 nitrogen and oxygen atoms in total. The van der Waals surface area contributed by atoms with Crippen molar-refractivity contribution in [2.75, 3.05) is 9.80 Å². The van der Waals surface area contributed by atoms with Gasteiger partial charge >= 0.3 is 0 Å². The van der Waals surface area contributed by atoms with Gasteiger partial charge in [0.25, 0.3) is 6.71 Å². The minimum atomic E-state index is -0.129. The van der Waals surface area contributed by atoms with Crippen molar-refractivity contribution in [1.29, 1.82) is 0 Å². The smallest absolute Gasteiger partial charge is 0.252 e. The van der Waals surface area contributed by atoms with Crippen molar-refractivity contribution in [1.82, 2.24) is 0 Å². The van der Waals surface area contributed by atoms with Crippen molar-refractivity contribution in [2.24, 2.45) is 0 Å². The van der Waals surface area contributed by atoms with Crippen LogP contribution in [0.2, 0.25) is 0 Å². The standard InChI is InChI=1S/C63H69BN2/c1-40-25-26-43(41-21-17-15-18-22-41)33-54(40)66-53-30-28-45(60(5,6)7)35-50(53)64-51-38-48-49(63(13,14)32-31-62(48,11)12)39-55(51)65(56-36-46(61(8,9)10)37-57(66)58(56)64)52-29-27-44(59(2,3)4)34-47(52)42-23-19-16-20-24-42/h15-30,33-39H,31-32H2,1-14H3. The highest BCUT2D eigenvalue weighted by Crippen LogP contribution is 2.53. The second-order valence-corrected chi connectivity index (χ2v) is 24.2. The number of aryl methyl sites for hydroxylation is 1. The molecular weight excluding hydrogens is 796 g/mol. The Morgan fingerprint density at radius 2 is 0.909 bits per heavy atom. The molecule has 0 bridgehead atoms. The summed E-state index contributed by atoms with van der Waals surface area (Å²) in [5.41, 5.74) is 24.8. The van der Waals surface area contributed by atoms with Gasteiger partial charge in [-0.2, -0.15) is 0 Å². The molecule has 3 heteroatoms. The van der Waals surface area contributed by atoms with Crippen LogP contribution in [0.1, 0.15) is 136 Å². The fourth-order valence-electron chi connectivity index (χ4n) is 11.2. The summed E-state index contributed by atoms with van der Waals surface area (Å²) in [6.07, 6.45) is 2.33. The van der Waals surface area contributed by atoms with Crippen LogP contribution in [0.25, 0.3) is 22.3 Å². The zero-order chi connectivity index (χ0) is 46.9. The lowest BCUT2D eigenvalue weighted by Gasteiger charge is -2.48. The normalized spacial score (nSPS) is 16.1. The molecule has 66 heavy (non-hydrogen) atoms. The number of nitrogens with zero attached hydrogens (tertiary/aromatic N) is 2. The molecule has 3 aliphatic rings. The Morgan fingerprint density at radius 1 is 0.409 bits per heavy atom. The lowest BCUT2D eigenvalue weighted by atomic mass is 9.32. The fourth-order valence-corrected chi connectivity index (χ4v) is 11.2. The molecule has 0 radical (unpaired) electrons. The predicted octanol–water partition coefficient (Wildman–Crippen LogP) is 15.7. The Hall–Kier alpha value is -5.80. The van der Waals surface area contributed by atoms with Gasteiger partial charge in [0, 0.05) is 34.0 Å². The lowest BCUT2D eigenvalue weighted by molar-refractivity contribution is 0.332. The maximum Gasteiger partial charge on any atom is 0.252 e. The SMILES string of the molecule is Cc1ccc(-c2ccccc2)cc1N1c2ccc(C(C)(C)C)cc2B2c3cc4c(cc3N(c3ccc(C(C)(C)C)cc3-c3ccccc3)c3cc(C(C)(C)C)cc1c32)C(C)(C)CCC4(C)C. The van der Waals surface area contributed by atoms with Crippen LogP contribution in [0.15, 0.2) is 140 Å². The monoisotopic (exact) mass is 865 g/mol. The maximum absolute atomic E-state index is 2.71. The quantitative estimate of drug-likeness (QED) is 0.163. The van der Waals surface area contributed by atoms with E-state index in [9.17, 15) is 0 Å². The molecule has 7 aromatic rings. The van der Waals surface area contributed by atoms with Gasteiger partial charge in [-0.25, -0.2) is 0 Å². The molecule has 0 aromatic heterocycles. The average molecular weight is 865 g/mol. The van der Waals surface area contributed by atoms with Crippen molar-refractivity contribution < 1.29 is 0 Å². The molecule has 0 fully saturated rings. The van der Waals surface area contributed by atoms with E-state index in [-0.39, 0.29) is 33.8 Å². The third-order valence-corrected chi connectivity index (χ3v) is 15.5. The van der Waals surface area contributed by atoms with Crippen LogP contribution in [0.5, 0.6) is 0 Å². The summed E-state index contributed by atoms with van der Waals surface area (Å²) >= 11 is 0. The molecular formula is C63H69BN2. The molecule has 0 spiro atoms. The van der Waals surface area contributed by atoms with Gasteiger partial charge in [0.15, 0.2) is 0 Å². The molecule has 0 amide bonds. The fraction of sp³-hybridized carbons (Fsp3) is 0.333. The summed E-state index contributed by atoms with van der Waals surface area (Å²) < 4.78 is 0. The molecule has 2 aliphatic heterocycles. The van der Waals surface area contributed by atoms with Crippen LogP contribution < -0.4 is 26.2 Å². The van der Waals surface area contributed by atoms with Crippen molar-refractivity contribution >= 4 is 57.2 Å². The van der Waals surface area contributed by atoms with E-state index in [1.807, 2.05) is 0 Å². The number of rotatable bonds is 4. The van der Waals surface area contributed by atoms with Crippen molar-refractivity contribution in [3.63, 3.8) is 0 Å². The lowest BCUT2D eigenvalue weighted by Crippen LogP contribution is -2.62. The molecule has 0 saturated heterocycles. The van der Waals surface area contributed by atoms with E-state index in [1.165, 1.54) is 113 Å². The number of hydrogen-bond acceptors (Lipinski definition) is 2. The highest BCUT2D eigenvalue weighted by atomic mass is 15.2. The topological polar surface area (TPSA) is 6.48 Å². The van der Waals surface area contributed by atoms with Gasteiger partial charge in [-0.15, -0.1) is 0 Å². The first-order valence-electron chi connectivity index (χ1n) is 24.5. The number of fused-ring (bicyclic) bond motifs is 5. The van der Waals surface area contributed by atoms with Crippen LogP contribution in [0.4, 0.5) is 34.1 Å². The number of benzene rings is 7. The van der Waals surface area contributed by atoms with Gasteiger partial charge in [0.2, 0.25) is 0 Å². The van der Waals surface area contributed by atoms with Crippen LogP contribution in [-0.2, 0) is 27.1 Å². The summed E-state index contributed by atoms with van der Waals surface area (Å²) in [6, 6.07) is 54.3. The zero-order valence-corrected chi connectivity index (χ0v) is 42.2. The number of hydrogen-bond donors (Lipinski definition) is 0. The summed E-state index contributed by atoms with van der Waals surface area (Å²) in [5.74, 6) is 0. The minimum absolute atomic E-state index is 0.0154. The minimum Gasteiger partial charge on any atom is -0.311 e. The van der Waals surface area contributed by atoms with Gasteiger partial charge < -0.3 is 9.80 Å². The zero-order valence-electron chi connectivity index (χ0n) is 42.2. The van der Waals surface area contributed by atoms with Crippen LogP contribution >= 0.6 is 0 Å². The van der Waals surface area contributed by atoms with Gasteiger partial charge in [-0.1, -0.05) is 187 Å². The molecule has 7 aromatic carbocycles. The Kier molecular flexibility index (Phi) is 10.1. The first kappa shape index (κ1) is 44.1. The Labute approximate surface area is 397 Å². The van der Waals surface area contributed by atoms with Crippen molar-refractivity contribution in [3.8, 4) is 22.3 Å². The predicted molar refractivity (Wildman–Crippen MR) is 287 cm³/mol. The molecule has 2 heterocycles. The van der Waals surface area contributed by atoms with E-state index in [0.29, 0.717) is 0 Å². The van der Waals surface area contributed by atoms with E-state index >= 15 is 0 Å². The summed E-state index contributed by atoms with van der Waals surface area (Å²) in [6.45, 7) is 33.5. The van der Waals surface area contributed by atoms with Crippen LogP contribution in [-0.4, -0.2) is 6.71 Å². The molecule has 0 saturated carbocycles. The number of anilines is 6. The second-order valence-electron chi connectivity index (χ2n) is 24.2. The molecule has 0 atom stereocenters. The molecule has 10 rings (SSSR count). The third kappa shape index (κ3) is 7.24. The van der Waals surface area contributed by atoms with Crippen molar-refractivity contribution in [2.45, 2.75) is 137 Å². The van der Waals surface area contributed by atoms with Gasteiger partial charge in [0.1, 0.15) is 0 Å². The molecule has 0 N–H and O–H groups in total. The average Bonchev–Trinajstić information content (AvgIpc) is 3.27. The first-order valence-corrected chi connectivity index (χ1v) is 24.5. The van der Waals surface area contributed by atoms with Gasteiger partial charge in [0.05, 0.1) is 5.69 Å². The van der Waals surface area contributed by atoms with E-state index < -0.39 is 0 Å². The molecule has 1 aliphatic carbocycles. The summed E-state index contributed by atoms with van der Waals surface area (Å²) in [4.78, 5) is 5.35. The highest BCUT2D eigenvalue weighted by Gasteiger charge is 2.47. The van der Waals surface area contributed by atoms with Crippen molar-refractivity contribution in [3.05, 3.63) is 173 Å². The van der Waals surface area contributed by atoms with E-state index in [4.69, 9.17) is 0 Å². The Bertz CT molecular complexity index is 3040. The van der Waals surface area contributed by atoms with E-state index in [0.717, 1.165) is 6.42 Å². The summed E-state index contributed by atoms with van der Waals surface area (Å²) in [7, 11) is 0. The van der Waals surface area contributed by atoms with Crippen LogP contribution in [0.3, 0.4) is 0 Å². The third-order valence-electron chi connectivity index (χ3n) is 15.5. The highest BCUT2D eigenvalue weighted by molar-refractivity contribution is 7.00.